The standard InChI is InChI=1S/C22H29N3O7/c1-5-30-15-6-8-16(9-7-15)31-11-10-18(27)32-13-17(26)19-20(23)25(12-14(2)3)22(29)24(4)21(19)28/h6-9,14H,5,10-13,23H2,1-4H3. The van der Waals surface area contributed by atoms with Crippen molar-refractivity contribution in [3.63, 3.8) is 0 Å². The van der Waals surface area contributed by atoms with E-state index in [4.69, 9.17) is 19.9 Å². The summed E-state index contributed by atoms with van der Waals surface area (Å²) in [5.74, 6) is -0.351. The number of anilines is 1. The molecule has 10 heteroatoms. The molecule has 0 spiro atoms. The van der Waals surface area contributed by atoms with Crippen molar-refractivity contribution >= 4 is 17.6 Å². The maximum atomic E-state index is 12.5. The fourth-order valence-corrected chi connectivity index (χ4v) is 2.93. The lowest BCUT2D eigenvalue weighted by atomic mass is 10.1. The van der Waals surface area contributed by atoms with Gasteiger partial charge in [0.1, 0.15) is 22.9 Å². The zero-order valence-electron chi connectivity index (χ0n) is 18.8. The summed E-state index contributed by atoms with van der Waals surface area (Å²) in [5.41, 5.74) is 4.14. The number of rotatable bonds is 11. The molecule has 0 amide bonds. The van der Waals surface area contributed by atoms with Crippen molar-refractivity contribution in [2.75, 3.05) is 25.6 Å². The number of nitrogens with two attached hydrogens (primary N) is 1. The highest BCUT2D eigenvalue weighted by atomic mass is 16.5. The Labute approximate surface area is 185 Å². The van der Waals surface area contributed by atoms with E-state index in [9.17, 15) is 19.2 Å². The maximum absolute atomic E-state index is 12.5. The Bertz CT molecular complexity index is 1070. The van der Waals surface area contributed by atoms with E-state index in [-0.39, 0.29) is 36.9 Å². The molecule has 1 heterocycles. The maximum Gasteiger partial charge on any atom is 0.332 e. The lowest BCUT2D eigenvalue weighted by Crippen LogP contribution is -2.43. The highest BCUT2D eigenvalue weighted by molar-refractivity contribution is 6.01. The molecule has 0 radical (unpaired) electrons. The van der Waals surface area contributed by atoms with Crippen LogP contribution in [0.1, 0.15) is 37.6 Å². The average Bonchev–Trinajstić information content (AvgIpc) is 2.75. The second kappa shape index (κ2) is 11.2. The minimum atomic E-state index is -0.826. The molecule has 1 aromatic heterocycles. The van der Waals surface area contributed by atoms with Crippen molar-refractivity contribution in [1.29, 1.82) is 0 Å². The van der Waals surface area contributed by atoms with Crippen LogP contribution in [0.3, 0.4) is 0 Å². The molecule has 174 valence electrons. The number of ether oxygens (including phenoxy) is 3. The van der Waals surface area contributed by atoms with E-state index in [0.717, 1.165) is 4.57 Å². The number of esters is 1. The van der Waals surface area contributed by atoms with E-state index in [2.05, 4.69) is 0 Å². The van der Waals surface area contributed by atoms with Gasteiger partial charge in [0, 0.05) is 13.6 Å². The van der Waals surface area contributed by atoms with Crippen molar-refractivity contribution < 1.29 is 23.8 Å². The zero-order valence-corrected chi connectivity index (χ0v) is 18.8. The lowest BCUT2D eigenvalue weighted by Gasteiger charge is -2.16. The van der Waals surface area contributed by atoms with Crippen LogP contribution in [0.15, 0.2) is 33.9 Å². The van der Waals surface area contributed by atoms with Gasteiger partial charge in [0.2, 0.25) is 5.78 Å². The number of carbonyl (C=O) groups is 2. The van der Waals surface area contributed by atoms with E-state index in [1.54, 1.807) is 24.3 Å². The van der Waals surface area contributed by atoms with Crippen molar-refractivity contribution in [1.82, 2.24) is 9.13 Å². The minimum absolute atomic E-state index is 0.0458. The van der Waals surface area contributed by atoms with E-state index in [1.165, 1.54) is 11.6 Å². The average molecular weight is 447 g/mol. The summed E-state index contributed by atoms with van der Waals surface area (Å²) >= 11 is 0. The summed E-state index contributed by atoms with van der Waals surface area (Å²) in [6.07, 6.45) is -0.0964. The van der Waals surface area contributed by atoms with E-state index in [1.807, 2.05) is 20.8 Å². The van der Waals surface area contributed by atoms with Gasteiger partial charge in [-0.2, -0.15) is 0 Å². The van der Waals surface area contributed by atoms with Gasteiger partial charge >= 0.3 is 11.7 Å². The largest absolute Gasteiger partial charge is 0.494 e. The predicted octanol–water partition coefficient (Wildman–Crippen LogP) is 1.38. The monoisotopic (exact) mass is 447 g/mol. The Morgan fingerprint density at radius 2 is 1.66 bits per heavy atom. The summed E-state index contributed by atoms with van der Waals surface area (Å²) < 4.78 is 17.8. The van der Waals surface area contributed by atoms with Gasteiger partial charge in [0.15, 0.2) is 6.61 Å². The van der Waals surface area contributed by atoms with Crippen molar-refractivity contribution in [2.24, 2.45) is 13.0 Å². The third-order valence-corrected chi connectivity index (χ3v) is 4.48. The first-order chi connectivity index (χ1) is 15.1. The van der Waals surface area contributed by atoms with Gasteiger partial charge in [-0.25, -0.2) is 4.79 Å². The first-order valence-electron chi connectivity index (χ1n) is 10.3. The molecular formula is C22H29N3O7. The number of ketones is 1. The van der Waals surface area contributed by atoms with Gasteiger partial charge in [-0.1, -0.05) is 13.8 Å². The molecule has 0 unspecified atom stereocenters. The molecule has 0 aliphatic heterocycles. The molecule has 0 atom stereocenters. The normalized spacial score (nSPS) is 10.8. The van der Waals surface area contributed by atoms with Crippen molar-refractivity contribution in [3.8, 4) is 11.5 Å². The van der Waals surface area contributed by atoms with Crippen LogP contribution in [0.4, 0.5) is 5.82 Å². The third kappa shape index (κ3) is 6.22. The lowest BCUT2D eigenvalue weighted by molar-refractivity contribution is -0.143. The summed E-state index contributed by atoms with van der Waals surface area (Å²) in [6, 6.07) is 6.92. The van der Waals surface area contributed by atoms with E-state index < -0.39 is 29.6 Å². The molecular weight excluding hydrogens is 418 g/mol. The molecule has 0 saturated heterocycles. The molecule has 2 rings (SSSR count). The molecule has 0 aliphatic carbocycles. The van der Waals surface area contributed by atoms with Crippen LogP contribution in [0.25, 0.3) is 0 Å². The van der Waals surface area contributed by atoms with Gasteiger partial charge in [-0.15, -0.1) is 0 Å². The number of nitrogen functional groups attached to an aromatic ring is 1. The van der Waals surface area contributed by atoms with Gasteiger partial charge in [-0.3, -0.25) is 23.5 Å². The van der Waals surface area contributed by atoms with Crippen LogP contribution in [-0.2, 0) is 23.1 Å². The smallest absolute Gasteiger partial charge is 0.332 e. The van der Waals surface area contributed by atoms with Crippen molar-refractivity contribution in [2.45, 2.75) is 33.7 Å². The summed E-state index contributed by atoms with van der Waals surface area (Å²) in [6.45, 7) is 5.80. The Hall–Kier alpha value is -3.56. The molecule has 0 saturated carbocycles. The number of Topliss-reactive ketones (excluding diaryl/α,β-unsaturated/α-hetero) is 1. The number of aromatic nitrogens is 2. The molecule has 1 aromatic carbocycles. The zero-order chi connectivity index (χ0) is 23.8. The number of benzene rings is 1. The molecule has 2 aromatic rings. The fraction of sp³-hybridized carbons (Fsp3) is 0.455. The van der Waals surface area contributed by atoms with Gasteiger partial charge in [0.05, 0.1) is 19.6 Å². The highest BCUT2D eigenvalue weighted by Crippen LogP contribution is 2.17. The summed E-state index contributed by atoms with van der Waals surface area (Å²) in [4.78, 5) is 49.2. The Kier molecular flexibility index (Phi) is 8.62. The van der Waals surface area contributed by atoms with Crippen LogP contribution in [-0.4, -0.2) is 40.7 Å². The van der Waals surface area contributed by atoms with E-state index in [0.29, 0.717) is 18.1 Å². The SMILES string of the molecule is CCOc1ccc(OCCC(=O)OCC(=O)c2c(N)n(CC(C)C)c(=O)n(C)c2=O)cc1. The summed E-state index contributed by atoms with van der Waals surface area (Å²) in [7, 11) is 1.27. The molecule has 10 nitrogen and oxygen atoms in total. The van der Waals surface area contributed by atoms with Crippen LogP contribution >= 0.6 is 0 Å². The summed E-state index contributed by atoms with van der Waals surface area (Å²) in [5, 5.41) is 0. The fourth-order valence-electron chi connectivity index (χ4n) is 2.93. The van der Waals surface area contributed by atoms with Gasteiger partial charge in [-0.05, 0) is 37.1 Å². The molecule has 0 aliphatic rings. The Morgan fingerprint density at radius 3 is 2.22 bits per heavy atom. The number of nitrogens with zero attached hydrogens (tertiary/aromatic N) is 2. The second-order valence-electron chi connectivity index (χ2n) is 7.50. The van der Waals surface area contributed by atoms with Crippen molar-refractivity contribution in [3.05, 3.63) is 50.7 Å². The van der Waals surface area contributed by atoms with Gasteiger partial charge < -0.3 is 19.9 Å². The minimum Gasteiger partial charge on any atom is -0.494 e. The quantitative estimate of drug-likeness (QED) is 0.404. The second-order valence-corrected chi connectivity index (χ2v) is 7.50. The van der Waals surface area contributed by atoms with Gasteiger partial charge in [0.25, 0.3) is 5.56 Å². The molecule has 0 bridgehead atoms. The number of hydrogen-bond acceptors (Lipinski definition) is 8. The molecule has 0 fully saturated rings. The van der Waals surface area contributed by atoms with E-state index >= 15 is 0 Å². The molecule has 2 N–H and O–H groups in total. The first-order valence-corrected chi connectivity index (χ1v) is 10.3. The predicted molar refractivity (Wildman–Crippen MR) is 118 cm³/mol. The first kappa shape index (κ1) is 24.7. The highest BCUT2D eigenvalue weighted by Gasteiger charge is 2.23. The third-order valence-electron chi connectivity index (χ3n) is 4.48. The number of carbonyl (C=O) groups excluding carboxylic acids is 2. The topological polar surface area (TPSA) is 132 Å². The molecule has 32 heavy (non-hydrogen) atoms. The van der Waals surface area contributed by atoms with Crippen LogP contribution < -0.4 is 26.5 Å². The van der Waals surface area contributed by atoms with Crippen LogP contribution in [0.5, 0.6) is 11.5 Å². The van der Waals surface area contributed by atoms with Crippen LogP contribution in [0, 0.1) is 5.92 Å². The number of hydrogen-bond donors (Lipinski definition) is 1. The van der Waals surface area contributed by atoms with Crippen LogP contribution in [0.2, 0.25) is 0 Å². The Morgan fingerprint density at radius 1 is 1.06 bits per heavy atom. The Balaban J connectivity index is 1.95.